The van der Waals surface area contributed by atoms with Gasteiger partial charge in [0, 0.05) is 0 Å². The molecule has 0 bridgehead atoms. The molecule has 0 saturated heterocycles. The fourth-order valence-electron chi connectivity index (χ4n) is 1.11. The van der Waals surface area contributed by atoms with E-state index in [4.69, 9.17) is 5.11 Å². The van der Waals surface area contributed by atoms with Crippen LogP contribution < -0.4 is 5.19 Å². The number of hydrogen-bond donors (Lipinski definition) is 1. The Labute approximate surface area is 79.2 Å². The molecule has 0 unspecified atom stereocenters. The molecule has 13 heavy (non-hydrogen) atoms. The van der Waals surface area contributed by atoms with Gasteiger partial charge in [0.25, 0.3) is 0 Å². The maximum Gasteiger partial charge on any atom is 0.335 e. The molecule has 0 aliphatic rings. The van der Waals surface area contributed by atoms with Crippen LogP contribution in [-0.4, -0.2) is 19.1 Å². The second kappa shape index (κ2) is 3.34. The highest BCUT2D eigenvalue weighted by molar-refractivity contribution is 6.88. The topological polar surface area (TPSA) is 37.3 Å². The minimum Gasteiger partial charge on any atom is -0.478 e. The lowest BCUT2D eigenvalue weighted by Crippen LogP contribution is -2.37. The maximum atomic E-state index is 10.6. The Kier molecular flexibility index (Phi) is 2.57. The molecule has 0 aromatic heterocycles. The van der Waals surface area contributed by atoms with Crippen molar-refractivity contribution in [1.82, 2.24) is 0 Å². The molecular weight excluding hydrogens is 180 g/mol. The van der Waals surface area contributed by atoms with E-state index in [2.05, 4.69) is 19.6 Å². The normalized spacial score (nSPS) is 11.3. The lowest BCUT2D eigenvalue weighted by atomic mass is 10.2. The van der Waals surface area contributed by atoms with Crippen molar-refractivity contribution in [2.24, 2.45) is 0 Å². The van der Waals surface area contributed by atoms with Crippen LogP contribution >= 0.6 is 0 Å². The van der Waals surface area contributed by atoms with Gasteiger partial charge in [-0.2, -0.15) is 0 Å². The molecule has 0 fully saturated rings. The minimum atomic E-state index is -1.28. The second-order valence-electron chi connectivity index (χ2n) is 4.13. The van der Waals surface area contributed by atoms with Gasteiger partial charge >= 0.3 is 5.97 Å². The average molecular weight is 194 g/mol. The third-order valence-electron chi connectivity index (χ3n) is 2.00. The summed E-state index contributed by atoms with van der Waals surface area (Å²) in [7, 11) is -1.28. The highest BCUT2D eigenvalue weighted by Gasteiger charge is 2.16. The molecule has 0 heterocycles. The number of carboxylic acid groups (broad SMARTS) is 1. The van der Waals surface area contributed by atoms with E-state index in [9.17, 15) is 4.79 Å². The maximum absolute atomic E-state index is 10.6. The lowest BCUT2D eigenvalue weighted by Gasteiger charge is -2.16. The summed E-state index contributed by atoms with van der Waals surface area (Å²) in [6.07, 6.45) is 0. The largest absolute Gasteiger partial charge is 0.478 e. The van der Waals surface area contributed by atoms with Crippen LogP contribution in [0, 0.1) is 0 Å². The quantitative estimate of drug-likeness (QED) is 0.730. The highest BCUT2D eigenvalue weighted by Crippen LogP contribution is 2.04. The van der Waals surface area contributed by atoms with Crippen molar-refractivity contribution < 1.29 is 9.90 Å². The number of hydrogen-bond acceptors (Lipinski definition) is 1. The summed E-state index contributed by atoms with van der Waals surface area (Å²) in [5.74, 6) is -0.859. The van der Waals surface area contributed by atoms with Crippen LogP contribution in [0.2, 0.25) is 19.6 Å². The van der Waals surface area contributed by atoms with E-state index in [0.29, 0.717) is 5.56 Å². The van der Waals surface area contributed by atoms with E-state index >= 15 is 0 Å². The summed E-state index contributed by atoms with van der Waals surface area (Å²) >= 11 is 0. The lowest BCUT2D eigenvalue weighted by molar-refractivity contribution is 0.0697. The first kappa shape index (κ1) is 9.99. The first-order valence-electron chi connectivity index (χ1n) is 4.25. The standard InChI is InChI=1S/C10H14O2Si/c1-13(2,3)9-6-4-8(5-7-9)10(11)12/h4-7H,1-3H3,(H,11,12). The van der Waals surface area contributed by atoms with Crippen molar-refractivity contribution in [2.45, 2.75) is 19.6 Å². The van der Waals surface area contributed by atoms with Crippen LogP contribution in [0.15, 0.2) is 24.3 Å². The Morgan fingerprint density at radius 2 is 1.62 bits per heavy atom. The molecule has 0 radical (unpaired) electrons. The minimum absolute atomic E-state index is 0.363. The van der Waals surface area contributed by atoms with Gasteiger partial charge in [0.2, 0.25) is 0 Å². The molecular formula is C10H14O2Si. The van der Waals surface area contributed by atoms with Crippen molar-refractivity contribution >= 4 is 19.2 Å². The zero-order chi connectivity index (χ0) is 10.1. The SMILES string of the molecule is C[Si](C)(C)c1ccc(C(=O)O)cc1. The second-order valence-corrected chi connectivity index (χ2v) is 9.21. The van der Waals surface area contributed by atoms with Crippen molar-refractivity contribution in [3.05, 3.63) is 29.8 Å². The highest BCUT2D eigenvalue weighted by atomic mass is 28.3. The molecule has 0 saturated carbocycles. The number of benzene rings is 1. The van der Waals surface area contributed by atoms with Gasteiger partial charge in [-0.3, -0.25) is 0 Å². The van der Waals surface area contributed by atoms with Gasteiger partial charge in [-0.05, 0) is 12.1 Å². The van der Waals surface area contributed by atoms with Gasteiger partial charge in [0.15, 0.2) is 0 Å². The monoisotopic (exact) mass is 194 g/mol. The molecule has 1 aromatic rings. The number of rotatable bonds is 2. The van der Waals surface area contributed by atoms with E-state index in [0.717, 1.165) is 0 Å². The van der Waals surface area contributed by atoms with Gasteiger partial charge in [0.05, 0.1) is 13.6 Å². The summed E-state index contributed by atoms with van der Waals surface area (Å²) in [5.41, 5.74) is 0.363. The summed E-state index contributed by atoms with van der Waals surface area (Å²) in [4.78, 5) is 10.6. The Morgan fingerprint density at radius 1 is 1.15 bits per heavy atom. The molecule has 0 spiro atoms. The van der Waals surface area contributed by atoms with Crippen molar-refractivity contribution in [3.8, 4) is 0 Å². The van der Waals surface area contributed by atoms with Gasteiger partial charge in [0.1, 0.15) is 0 Å². The zero-order valence-corrected chi connectivity index (χ0v) is 9.16. The summed E-state index contributed by atoms with van der Waals surface area (Å²) < 4.78 is 0. The molecule has 1 aromatic carbocycles. The Balaban J connectivity index is 3.01. The molecule has 1 rings (SSSR count). The number of carboxylic acids is 1. The first-order chi connectivity index (χ1) is 5.91. The molecule has 0 amide bonds. The van der Waals surface area contributed by atoms with E-state index in [1.54, 1.807) is 12.1 Å². The van der Waals surface area contributed by atoms with Crippen molar-refractivity contribution in [2.75, 3.05) is 0 Å². The van der Waals surface area contributed by atoms with Crippen LogP contribution in [-0.2, 0) is 0 Å². The molecule has 3 heteroatoms. The number of aromatic carboxylic acids is 1. The van der Waals surface area contributed by atoms with Crippen LogP contribution in [0.4, 0.5) is 0 Å². The van der Waals surface area contributed by atoms with Gasteiger partial charge in [-0.15, -0.1) is 0 Å². The fourth-order valence-corrected chi connectivity index (χ4v) is 2.28. The fraction of sp³-hybridized carbons (Fsp3) is 0.300. The number of carbonyl (C=O) groups is 1. The molecule has 0 aliphatic heterocycles. The van der Waals surface area contributed by atoms with Gasteiger partial charge in [-0.1, -0.05) is 37.0 Å². The molecule has 0 aliphatic carbocycles. The Bertz CT molecular complexity index is 309. The summed E-state index contributed by atoms with van der Waals surface area (Å²) in [6.45, 7) is 6.72. The van der Waals surface area contributed by atoms with Crippen LogP contribution in [0.1, 0.15) is 10.4 Å². The van der Waals surface area contributed by atoms with Gasteiger partial charge < -0.3 is 5.11 Å². The van der Waals surface area contributed by atoms with E-state index in [1.165, 1.54) is 5.19 Å². The van der Waals surface area contributed by atoms with Crippen LogP contribution in [0.3, 0.4) is 0 Å². The molecule has 70 valence electrons. The zero-order valence-electron chi connectivity index (χ0n) is 8.16. The van der Waals surface area contributed by atoms with Crippen LogP contribution in [0.5, 0.6) is 0 Å². The summed E-state index contributed by atoms with van der Waals surface area (Å²) in [5, 5.41) is 9.98. The van der Waals surface area contributed by atoms with Crippen molar-refractivity contribution in [3.63, 3.8) is 0 Å². The average Bonchev–Trinajstić information content (AvgIpc) is 2.03. The van der Waals surface area contributed by atoms with Gasteiger partial charge in [-0.25, -0.2) is 4.79 Å². The molecule has 0 atom stereocenters. The Hall–Kier alpha value is -1.09. The Morgan fingerprint density at radius 3 is 1.92 bits per heavy atom. The molecule has 2 nitrogen and oxygen atoms in total. The third kappa shape index (κ3) is 2.42. The van der Waals surface area contributed by atoms with Crippen molar-refractivity contribution in [1.29, 1.82) is 0 Å². The first-order valence-corrected chi connectivity index (χ1v) is 7.75. The van der Waals surface area contributed by atoms with Crippen LogP contribution in [0.25, 0.3) is 0 Å². The van der Waals surface area contributed by atoms with E-state index < -0.39 is 14.0 Å². The summed E-state index contributed by atoms with van der Waals surface area (Å²) in [6, 6.07) is 7.21. The van der Waals surface area contributed by atoms with E-state index in [1.807, 2.05) is 12.1 Å². The predicted octanol–water partition coefficient (Wildman–Crippen LogP) is 1.93. The smallest absolute Gasteiger partial charge is 0.335 e. The van der Waals surface area contributed by atoms with E-state index in [-0.39, 0.29) is 0 Å². The third-order valence-corrected chi connectivity index (χ3v) is 4.06. The predicted molar refractivity (Wildman–Crippen MR) is 56.4 cm³/mol. The molecule has 1 N–H and O–H groups in total.